The third-order valence-electron chi connectivity index (χ3n) is 8.36. The van der Waals surface area contributed by atoms with E-state index in [4.69, 9.17) is 11.6 Å². The Morgan fingerprint density at radius 1 is 0.812 bits per heavy atom. The van der Waals surface area contributed by atoms with Gasteiger partial charge in [0.1, 0.15) is 6.54 Å². The number of pyridine rings is 1. The van der Waals surface area contributed by atoms with Gasteiger partial charge in [0.2, 0.25) is 5.91 Å². The second-order valence-electron chi connectivity index (χ2n) is 11.5. The topological polar surface area (TPSA) is 45.5 Å². The molecule has 5 nitrogen and oxygen atoms in total. The van der Waals surface area contributed by atoms with Crippen LogP contribution in [-0.2, 0) is 29.8 Å². The van der Waals surface area contributed by atoms with E-state index in [1.54, 1.807) is 12.1 Å². The molecule has 0 fully saturated rings. The van der Waals surface area contributed by atoms with Crippen molar-refractivity contribution < 1.29 is 18.0 Å². The Labute approximate surface area is 287 Å². The van der Waals surface area contributed by atoms with Crippen molar-refractivity contribution in [2.24, 2.45) is 0 Å². The van der Waals surface area contributed by atoms with Crippen LogP contribution in [0.25, 0.3) is 22.0 Å². The summed E-state index contributed by atoms with van der Waals surface area (Å²) in [6.07, 6.45) is -4.39. The van der Waals surface area contributed by atoms with Crippen molar-refractivity contribution in [1.82, 2.24) is 14.4 Å². The molecule has 10 heteroatoms. The van der Waals surface area contributed by atoms with E-state index in [1.165, 1.54) is 23.9 Å². The number of rotatable bonds is 13. The Morgan fingerprint density at radius 2 is 1.48 bits per heavy atom. The molecule has 0 saturated heterocycles. The highest BCUT2D eigenvalue weighted by molar-refractivity contribution is 7.98. The Hall–Kier alpha value is -4.05. The molecule has 1 aromatic heterocycles. The SMILES string of the molecule is CCN(CC)CCN(Cc1ccc(-c2ccc(C(F)(F)F)cc2)cc1)C(=O)Cn1c(SCc2cccc(Cl)c2)cc(=O)c2ccccc21. The minimum absolute atomic E-state index is 0.0422. The molecule has 5 rings (SSSR count). The largest absolute Gasteiger partial charge is 0.416 e. The summed E-state index contributed by atoms with van der Waals surface area (Å²) in [5.41, 5.74) is 3.27. The number of para-hydroxylation sites is 1. The number of alkyl halides is 3. The number of fused-ring (bicyclic) bond motifs is 1. The maximum Gasteiger partial charge on any atom is 0.416 e. The predicted octanol–water partition coefficient (Wildman–Crippen LogP) is 9.00. The Balaban J connectivity index is 1.41. The van der Waals surface area contributed by atoms with Gasteiger partial charge in [-0.15, -0.1) is 11.8 Å². The lowest BCUT2D eigenvalue weighted by Gasteiger charge is -2.28. The Morgan fingerprint density at radius 3 is 2.12 bits per heavy atom. The lowest BCUT2D eigenvalue weighted by atomic mass is 10.0. The molecule has 1 heterocycles. The zero-order chi connectivity index (χ0) is 34.3. The first-order valence-electron chi connectivity index (χ1n) is 15.8. The molecule has 250 valence electrons. The van der Waals surface area contributed by atoms with Gasteiger partial charge in [-0.05, 0) is 71.7 Å². The number of aromatic nitrogens is 1. The highest BCUT2D eigenvalue weighted by Gasteiger charge is 2.30. The van der Waals surface area contributed by atoms with Gasteiger partial charge in [-0.2, -0.15) is 13.2 Å². The predicted molar refractivity (Wildman–Crippen MR) is 189 cm³/mol. The van der Waals surface area contributed by atoms with Gasteiger partial charge in [0, 0.05) is 41.9 Å². The lowest BCUT2D eigenvalue weighted by Crippen LogP contribution is -2.40. The fourth-order valence-corrected chi connectivity index (χ4v) is 6.79. The van der Waals surface area contributed by atoms with Crippen molar-refractivity contribution in [3.63, 3.8) is 0 Å². The van der Waals surface area contributed by atoms with E-state index in [-0.39, 0.29) is 17.9 Å². The zero-order valence-electron chi connectivity index (χ0n) is 26.8. The molecular weight excluding hydrogens is 655 g/mol. The normalized spacial score (nSPS) is 11.7. The molecule has 0 N–H and O–H groups in total. The van der Waals surface area contributed by atoms with Crippen LogP contribution in [0, 0.1) is 0 Å². The number of carbonyl (C=O) groups is 1. The van der Waals surface area contributed by atoms with Crippen LogP contribution in [-0.4, -0.2) is 46.5 Å². The average molecular weight is 692 g/mol. The van der Waals surface area contributed by atoms with Crippen LogP contribution in [0.1, 0.15) is 30.5 Å². The van der Waals surface area contributed by atoms with Gasteiger partial charge in [0.05, 0.1) is 16.1 Å². The number of benzene rings is 4. The molecule has 0 radical (unpaired) electrons. The molecule has 0 spiro atoms. The van der Waals surface area contributed by atoms with Crippen molar-refractivity contribution in [3.8, 4) is 11.1 Å². The van der Waals surface area contributed by atoms with Crippen LogP contribution < -0.4 is 5.43 Å². The number of nitrogens with zero attached hydrogens (tertiary/aromatic N) is 3. The summed E-state index contributed by atoms with van der Waals surface area (Å²) in [4.78, 5) is 31.4. The van der Waals surface area contributed by atoms with Gasteiger partial charge in [-0.3, -0.25) is 9.59 Å². The van der Waals surface area contributed by atoms with Crippen LogP contribution in [0.15, 0.2) is 113 Å². The van der Waals surface area contributed by atoms with Gasteiger partial charge < -0.3 is 14.4 Å². The van der Waals surface area contributed by atoms with E-state index in [1.807, 2.05) is 76.2 Å². The lowest BCUT2D eigenvalue weighted by molar-refractivity contribution is -0.137. The standard InChI is InChI=1S/C38H37ClF3N3O2S/c1-3-43(4-2)20-21-44(24-27-12-14-29(15-13-27)30-16-18-31(19-17-30)38(40,41)42)36(47)25-45-34-11-6-5-10-33(34)35(46)23-37(45)48-26-28-8-7-9-32(39)22-28/h5-19,22-23H,3-4,20-21,24-26H2,1-2H3. The second-order valence-corrected chi connectivity index (χ2v) is 12.9. The van der Waals surface area contributed by atoms with Crippen molar-refractivity contribution in [2.45, 2.75) is 43.9 Å². The number of thioether (sulfide) groups is 1. The molecule has 0 unspecified atom stereocenters. The number of amides is 1. The molecule has 4 aromatic carbocycles. The van der Waals surface area contributed by atoms with Crippen molar-refractivity contribution in [2.75, 3.05) is 26.2 Å². The second kappa shape index (κ2) is 15.9. The van der Waals surface area contributed by atoms with Crippen molar-refractivity contribution in [3.05, 3.63) is 135 Å². The summed E-state index contributed by atoms with van der Waals surface area (Å²) >= 11 is 7.69. The molecule has 5 aromatic rings. The smallest absolute Gasteiger partial charge is 0.336 e. The molecule has 0 aliphatic carbocycles. The Kier molecular flexibility index (Phi) is 11.7. The van der Waals surface area contributed by atoms with Crippen LogP contribution in [0.3, 0.4) is 0 Å². The maximum atomic E-state index is 14.2. The van der Waals surface area contributed by atoms with Crippen LogP contribution in [0.2, 0.25) is 5.02 Å². The van der Waals surface area contributed by atoms with E-state index in [2.05, 4.69) is 18.7 Å². The van der Waals surface area contributed by atoms with E-state index < -0.39 is 11.7 Å². The van der Waals surface area contributed by atoms with Crippen LogP contribution in [0.4, 0.5) is 13.2 Å². The zero-order valence-corrected chi connectivity index (χ0v) is 28.4. The molecule has 0 bridgehead atoms. The van der Waals surface area contributed by atoms with Gasteiger partial charge in [0.25, 0.3) is 0 Å². The van der Waals surface area contributed by atoms with Gasteiger partial charge in [-0.25, -0.2) is 0 Å². The first kappa shape index (κ1) is 35.3. The summed E-state index contributed by atoms with van der Waals surface area (Å²) in [5.74, 6) is 0.483. The number of likely N-dealkylation sites (N-methyl/N-ethyl adjacent to an activating group) is 1. The van der Waals surface area contributed by atoms with Gasteiger partial charge >= 0.3 is 6.18 Å². The summed E-state index contributed by atoms with van der Waals surface area (Å²) in [5, 5.41) is 1.87. The van der Waals surface area contributed by atoms with E-state index >= 15 is 0 Å². The average Bonchev–Trinajstić information content (AvgIpc) is 3.08. The summed E-state index contributed by atoms with van der Waals surface area (Å²) in [6.45, 7) is 7.49. The minimum Gasteiger partial charge on any atom is -0.336 e. The Bertz CT molecular complexity index is 1910. The van der Waals surface area contributed by atoms with Crippen molar-refractivity contribution >= 4 is 40.2 Å². The third-order valence-corrected chi connectivity index (χ3v) is 9.70. The molecule has 0 aliphatic rings. The number of carbonyl (C=O) groups excluding carboxylic acids is 1. The van der Waals surface area contributed by atoms with Crippen molar-refractivity contribution in [1.29, 1.82) is 0 Å². The number of hydrogen-bond donors (Lipinski definition) is 0. The molecule has 0 aliphatic heterocycles. The highest BCUT2D eigenvalue weighted by Crippen LogP contribution is 2.31. The first-order valence-corrected chi connectivity index (χ1v) is 17.2. The maximum absolute atomic E-state index is 14.2. The number of halogens is 4. The van der Waals surface area contributed by atoms with E-state index in [0.29, 0.717) is 51.9 Å². The van der Waals surface area contributed by atoms with E-state index in [9.17, 15) is 22.8 Å². The summed E-state index contributed by atoms with van der Waals surface area (Å²) in [6, 6.07) is 29.2. The van der Waals surface area contributed by atoms with Gasteiger partial charge in [0.15, 0.2) is 5.43 Å². The molecule has 0 saturated carbocycles. The summed E-state index contributed by atoms with van der Waals surface area (Å²) < 4.78 is 41.0. The van der Waals surface area contributed by atoms with Crippen LogP contribution >= 0.6 is 23.4 Å². The molecular formula is C38H37ClF3N3O2S. The summed E-state index contributed by atoms with van der Waals surface area (Å²) in [7, 11) is 0. The monoisotopic (exact) mass is 691 g/mol. The fraction of sp³-hybridized carbons (Fsp3) is 0.263. The van der Waals surface area contributed by atoms with E-state index in [0.717, 1.165) is 41.9 Å². The fourth-order valence-electron chi connectivity index (χ4n) is 5.57. The highest BCUT2D eigenvalue weighted by atomic mass is 35.5. The van der Waals surface area contributed by atoms with Gasteiger partial charge in [-0.1, -0.05) is 86.1 Å². The minimum atomic E-state index is -4.39. The third kappa shape index (κ3) is 8.89. The van der Waals surface area contributed by atoms with Crippen LogP contribution in [0.5, 0.6) is 0 Å². The first-order chi connectivity index (χ1) is 23.0. The molecule has 1 amide bonds. The molecule has 0 atom stereocenters. The quantitative estimate of drug-likeness (QED) is 0.116. The molecule has 48 heavy (non-hydrogen) atoms. The number of hydrogen-bond acceptors (Lipinski definition) is 4.